The molecule has 12 nitrogen and oxygen atoms in total. The molecule has 6 N–H and O–H groups in total. The SMILES string of the molecule is CCCCCCCCCC/C=C\CCCCCCCCCCCCCC(=O)OC(COCCCCCCCCCCCCCCCCCCCCCCCCCC)COP(=O)(O)OC1C(O)C(O)C(O)C(O)C1O. The Balaban J connectivity index is 2.22. The van der Waals surface area contributed by atoms with Crippen LogP contribution in [0.25, 0.3) is 0 Å². The molecular weight excluding hydrogens is 956 g/mol. The van der Waals surface area contributed by atoms with Crippen molar-refractivity contribution in [3.63, 3.8) is 0 Å². The molecule has 0 aromatic heterocycles. The van der Waals surface area contributed by atoms with Gasteiger partial charge in [0.1, 0.15) is 42.7 Å². The number of hydrogen-bond acceptors (Lipinski definition) is 11. The van der Waals surface area contributed by atoms with E-state index in [-0.39, 0.29) is 13.0 Å². The van der Waals surface area contributed by atoms with Gasteiger partial charge in [-0.1, -0.05) is 276 Å². The van der Waals surface area contributed by atoms with Crippen LogP contribution in [-0.2, 0) is 27.9 Å². The summed E-state index contributed by atoms with van der Waals surface area (Å²) in [4.78, 5) is 23.4. The molecule has 0 bridgehead atoms. The first-order valence-electron chi connectivity index (χ1n) is 31.5. The van der Waals surface area contributed by atoms with Crippen LogP contribution in [0, 0.1) is 0 Å². The van der Waals surface area contributed by atoms with E-state index in [0.717, 1.165) is 38.5 Å². The lowest BCUT2D eigenvalue weighted by Crippen LogP contribution is -2.64. The van der Waals surface area contributed by atoms with Gasteiger partial charge in [-0.2, -0.15) is 0 Å². The van der Waals surface area contributed by atoms with Gasteiger partial charge >= 0.3 is 13.8 Å². The number of allylic oxidation sites excluding steroid dienone is 2. The number of rotatable bonds is 56. The number of phosphoric acid groups is 1. The van der Waals surface area contributed by atoms with Crippen LogP contribution in [0.1, 0.15) is 309 Å². The molecule has 1 saturated carbocycles. The fourth-order valence-corrected chi connectivity index (χ4v) is 11.2. The quantitative estimate of drug-likeness (QED) is 0.0146. The third-order valence-electron chi connectivity index (χ3n) is 15.1. The molecule has 0 amide bonds. The first kappa shape index (κ1) is 71.1. The zero-order chi connectivity index (χ0) is 54.0. The Labute approximate surface area is 454 Å². The van der Waals surface area contributed by atoms with Crippen LogP contribution in [0.15, 0.2) is 12.2 Å². The number of aliphatic hydroxyl groups is 5. The predicted octanol–water partition coefficient (Wildman–Crippen LogP) is 15.8. The van der Waals surface area contributed by atoms with Crippen molar-refractivity contribution in [2.24, 2.45) is 0 Å². The number of aliphatic hydroxyl groups excluding tert-OH is 5. The van der Waals surface area contributed by atoms with E-state index in [1.54, 1.807) is 0 Å². The van der Waals surface area contributed by atoms with Crippen molar-refractivity contribution in [1.82, 2.24) is 0 Å². The Hall–Kier alpha value is -0.920. The molecule has 0 saturated heterocycles. The van der Waals surface area contributed by atoms with Crippen molar-refractivity contribution in [2.45, 2.75) is 352 Å². The molecule has 0 heterocycles. The highest BCUT2D eigenvalue weighted by Crippen LogP contribution is 2.47. The van der Waals surface area contributed by atoms with Crippen molar-refractivity contribution >= 4 is 13.8 Å². The molecule has 0 aromatic carbocycles. The molecule has 0 aliphatic heterocycles. The largest absolute Gasteiger partial charge is 0.472 e. The van der Waals surface area contributed by atoms with E-state index >= 15 is 0 Å². The number of phosphoric ester groups is 1. The van der Waals surface area contributed by atoms with Gasteiger partial charge in [0, 0.05) is 13.0 Å². The van der Waals surface area contributed by atoms with Gasteiger partial charge < -0.3 is 39.9 Å². The van der Waals surface area contributed by atoms with E-state index in [1.807, 2.05) is 0 Å². The van der Waals surface area contributed by atoms with E-state index in [2.05, 4.69) is 26.0 Å². The molecule has 6 unspecified atom stereocenters. The van der Waals surface area contributed by atoms with Crippen molar-refractivity contribution in [3.05, 3.63) is 12.2 Å². The normalized spacial score (nSPS) is 20.4. The maximum absolute atomic E-state index is 12.9. The smallest absolute Gasteiger partial charge is 0.457 e. The standard InChI is InChI=1S/C61H119O12P/c1-3-5-7-9-11-13-15-17-19-21-23-25-27-29-31-33-35-37-39-41-43-45-47-49-51-70-52-54(53-71-74(68,69)73-61-59(66)57(64)56(63)58(65)60(61)67)72-55(62)50-48-46-44-42-40-38-36-34-32-30-28-26-24-22-20-18-16-14-12-10-8-6-4-2/h22,24,54,56-61,63-67H,3-21,23,25-53H2,1-2H3,(H,68,69)/b24-22-. The summed E-state index contributed by atoms with van der Waals surface area (Å²) < 4.78 is 34.5. The molecule has 440 valence electrons. The monoisotopic (exact) mass is 1070 g/mol. The van der Waals surface area contributed by atoms with E-state index in [4.69, 9.17) is 18.5 Å². The lowest BCUT2D eigenvalue weighted by atomic mass is 9.85. The Kier molecular flexibility index (Phi) is 49.5. The number of hydrogen-bond donors (Lipinski definition) is 6. The fraction of sp³-hybridized carbons (Fsp3) is 0.951. The molecule has 1 rings (SSSR count). The molecule has 13 heteroatoms. The third-order valence-corrected chi connectivity index (χ3v) is 16.1. The second kappa shape index (κ2) is 51.5. The molecule has 1 aliphatic carbocycles. The van der Waals surface area contributed by atoms with Crippen LogP contribution in [0.2, 0.25) is 0 Å². The van der Waals surface area contributed by atoms with Crippen LogP contribution in [0.4, 0.5) is 0 Å². The first-order valence-corrected chi connectivity index (χ1v) is 33.0. The minimum absolute atomic E-state index is 0.0696. The number of ether oxygens (including phenoxy) is 2. The highest BCUT2D eigenvalue weighted by atomic mass is 31.2. The van der Waals surface area contributed by atoms with E-state index < -0.39 is 63.1 Å². The Morgan fingerprint density at radius 2 is 0.716 bits per heavy atom. The van der Waals surface area contributed by atoms with E-state index in [9.17, 15) is 39.8 Å². The summed E-state index contributed by atoms with van der Waals surface area (Å²) in [6.07, 6.45) is 50.1. The van der Waals surface area contributed by atoms with Crippen LogP contribution in [-0.4, -0.2) is 98.9 Å². The van der Waals surface area contributed by atoms with Gasteiger partial charge in [-0.3, -0.25) is 13.8 Å². The van der Waals surface area contributed by atoms with Gasteiger partial charge in [-0.25, -0.2) is 4.57 Å². The Morgan fingerprint density at radius 1 is 0.419 bits per heavy atom. The van der Waals surface area contributed by atoms with Crippen molar-refractivity contribution in [3.8, 4) is 0 Å². The topological polar surface area (TPSA) is 192 Å². The average molecular weight is 1080 g/mol. The number of carbonyl (C=O) groups excluding carboxylic acids is 1. The molecular formula is C61H119O12P. The van der Waals surface area contributed by atoms with Crippen LogP contribution < -0.4 is 0 Å². The van der Waals surface area contributed by atoms with Crippen LogP contribution in [0.3, 0.4) is 0 Å². The molecule has 0 spiro atoms. The number of unbranched alkanes of at least 4 members (excludes halogenated alkanes) is 42. The lowest BCUT2D eigenvalue weighted by Gasteiger charge is -2.41. The van der Waals surface area contributed by atoms with E-state index in [0.29, 0.717) is 13.0 Å². The highest BCUT2D eigenvalue weighted by Gasteiger charge is 2.51. The van der Waals surface area contributed by atoms with Crippen molar-refractivity contribution in [1.29, 1.82) is 0 Å². The lowest BCUT2D eigenvalue weighted by molar-refractivity contribution is -0.220. The predicted molar refractivity (Wildman–Crippen MR) is 304 cm³/mol. The van der Waals surface area contributed by atoms with Crippen LogP contribution in [0.5, 0.6) is 0 Å². The highest BCUT2D eigenvalue weighted by molar-refractivity contribution is 7.47. The van der Waals surface area contributed by atoms with Crippen molar-refractivity contribution < 1.29 is 58.3 Å². The molecule has 0 aromatic rings. The molecule has 1 fully saturated rings. The minimum atomic E-state index is -5.02. The van der Waals surface area contributed by atoms with Gasteiger partial charge in [-0.15, -0.1) is 0 Å². The van der Waals surface area contributed by atoms with Gasteiger partial charge in [-0.05, 0) is 38.5 Å². The Morgan fingerprint density at radius 3 is 1.07 bits per heavy atom. The third kappa shape index (κ3) is 42.1. The maximum Gasteiger partial charge on any atom is 0.472 e. The summed E-state index contributed by atoms with van der Waals surface area (Å²) in [5, 5.41) is 50.5. The Bertz CT molecular complexity index is 1270. The van der Waals surface area contributed by atoms with E-state index in [1.165, 1.54) is 244 Å². The zero-order valence-electron chi connectivity index (χ0n) is 47.9. The molecule has 0 radical (unpaired) electrons. The minimum Gasteiger partial charge on any atom is -0.457 e. The van der Waals surface area contributed by atoms with Gasteiger partial charge in [0.15, 0.2) is 0 Å². The summed E-state index contributed by atoms with van der Waals surface area (Å²) in [6, 6.07) is 0. The van der Waals surface area contributed by atoms with Crippen molar-refractivity contribution in [2.75, 3.05) is 19.8 Å². The maximum atomic E-state index is 12.9. The van der Waals surface area contributed by atoms with Gasteiger partial charge in [0.05, 0.1) is 13.2 Å². The molecule has 6 atom stereocenters. The summed E-state index contributed by atoms with van der Waals surface area (Å²) >= 11 is 0. The summed E-state index contributed by atoms with van der Waals surface area (Å²) in [6.45, 7) is 4.34. The fourth-order valence-electron chi connectivity index (χ4n) is 10.2. The number of esters is 1. The summed E-state index contributed by atoms with van der Waals surface area (Å²) in [5.41, 5.74) is 0. The molecule has 74 heavy (non-hydrogen) atoms. The number of carbonyl (C=O) groups is 1. The second-order valence-corrected chi connectivity index (χ2v) is 23.7. The van der Waals surface area contributed by atoms with Crippen LogP contribution >= 0.6 is 7.82 Å². The summed E-state index contributed by atoms with van der Waals surface area (Å²) in [7, 11) is -5.02. The van der Waals surface area contributed by atoms with Gasteiger partial charge in [0.2, 0.25) is 0 Å². The van der Waals surface area contributed by atoms with Gasteiger partial charge in [0.25, 0.3) is 0 Å². The second-order valence-electron chi connectivity index (χ2n) is 22.3. The zero-order valence-corrected chi connectivity index (χ0v) is 48.8. The average Bonchev–Trinajstić information content (AvgIpc) is 3.39. The summed E-state index contributed by atoms with van der Waals surface area (Å²) in [5.74, 6) is -0.469. The first-order chi connectivity index (χ1) is 36.0. The molecule has 1 aliphatic rings.